The Labute approximate surface area is 197 Å². The quantitative estimate of drug-likeness (QED) is 0.253. The predicted molar refractivity (Wildman–Crippen MR) is 105 cm³/mol. The SMILES string of the molecule is CC(=O)/C=C/CCC(C(=O)NC(C)C(=O)NC(C)C(=O)NC(C)[C-]=O)N(C)C.[Y]. The molecule has 0 aliphatic rings. The van der Waals surface area contributed by atoms with Gasteiger partial charge in [-0.2, -0.15) is 0 Å². The Hall–Kier alpha value is -1.45. The van der Waals surface area contributed by atoms with Crippen molar-refractivity contribution in [2.24, 2.45) is 0 Å². The normalized spacial score (nSPS) is 14.9. The second kappa shape index (κ2) is 15.4. The third-order valence-corrected chi connectivity index (χ3v) is 3.92. The molecule has 10 heteroatoms. The average molecular weight is 484 g/mol. The molecule has 0 fully saturated rings. The van der Waals surface area contributed by atoms with E-state index in [4.69, 9.17) is 0 Å². The third-order valence-electron chi connectivity index (χ3n) is 3.92. The van der Waals surface area contributed by atoms with Crippen LogP contribution >= 0.6 is 0 Å². The van der Waals surface area contributed by atoms with Gasteiger partial charge in [0, 0.05) is 32.7 Å². The maximum absolute atomic E-state index is 12.5. The van der Waals surface area contributed by atoms with E-state index in [0.29, 0.717) is 12.8 Å². The molecular formula is C19H31N4O5Y-. The zero-order valence-electron chi connectivity index (χ0n) is 17.9. The predicted octanol–water partition coefficient (Wildman–Crippen LogP) is -0.537. The molecule has 9 nitrogen and oxygen atoms in total. The van der Waals surface area contributed by atoms with Crippen LogP contribution in [0.2, 0.25) is 0 Å². The molecule has 0 aromatic rings. The largest absolute Gasteiger partial charge is 0.540 e. The standard InChI is InChI=1S/C19H31N4O5.Y/c1-12(11-24)20-17(26)14(3)21-18(27)15(4)22-19(28)16(23(5)6)10-8-7-9-13(2)25;/h7,9,12,14-16H,8,10H2,1-6H3,(H,20,26)(H,21,27)(H,22,28);/q-1;/b9-7+;. The number of likely N-dealkylation sites (N-methyl/N-ethyl adjacent to an activating group) is 1. The van der Waals surface area contributed by atoms with Crippen LogP contribution in [0.25, 0.3) is 0 Å². The van der Waals surface area contributed by atoms with Gasteiger partial charge in [-0.15, -0.1) is 0 Å². The van der Waals surface area contributed by atoms with Crippen LogP contribution in [-0.2, 0) is 56.7 Å². The van der Waals surface area contributed by atoms with Gasteiger partial charge < -0.3 is 20.7 Å². The Morgan fingerprint density at radius 1 is 0.931 bits per heavy atom. The van der Waals surface area contributed by atoms with Gasteiger partial charge in [-0.05, 0) is 53.8 Å². The fourth-order valence-electron chi connectivity index (χ4n) is 2.27. The molecule has 161 valence electrons. The fraction of sp³-hybridized carbons (Fsp3) is 0.632. The van der Waals surface area contributed by atoms with Crippen molar-refractivity contribution >= 4 is 29.8 Å². The first-order chi connectivity index (χ1) is 13.0. The summed E-state index contributed by atoms with van der Waals surface area (Å²) in [6.07, 6.45) is 5.81. The summed E-state index contributed by atoms with van der Waals surface area (Å²) in [5, 5.41) is 7.50. The van der Waals surface area contributed by atoms with Gasteiger partial charge in [-0.25, -0.2) is 6.29 Å². The molecule has 0 heterocycles. The minimum Gasteiger partial charge on any atom is -0.540 e. The molecule has 0 aromatic heterocycles. The van der Waals surface area contributed by atoms with Gasteiger partial charge in [0.2, 0.25) is 17.7 Å². The number of hydrogen-bond acceptors (Lipinski definition) is 6. The summed E-state index contributed by atoms with van der Waals surface area (Å²) in [5.74, 6) is -1.43. The van der Waals surface area contributed by atoms with E-state index in [0.717, 1.165) is 0 Å². The molecule has 4 unspecified atom stereocenters. The van der Waals surface area contributed by atoms with Gasteiger partial charge in [-0.1, -0.05) is 19.0 Å². The molecule has 0 saturated carbocycles. The van der Waals surface area contributed by atoms with Crippen LogP contribution in [0.4, 0.5) is 0 Å². The first-order valence-corrected chi connectivity index (χ1v) is 9.11. The summed E-state index contributed by atoms with van der Waals surface area (Å²) in [6.45, 7) is 5.91. The number of carbonyl (C=O) groups is 4. The van der Waals surface area contributed by atoms with Crippen molar-refractivity contribution in [1.82, 2.24) is 20.9 Å². The number of amides is 3. The number of nitrogens with zero attached hydrogens (tertiary/aromatic N) is 1. The minimum atomic E-state index is -0.871. The smallest absolute Gasteiger partial charge is 0.242 e. The molecule has 3 amide bonds. The number of carbonyl (C=O) groups excluding carboxylic acids is 5. The Bertz CT molecular complexity index is 609. The molecule has 0 rings (SSSR count). The van der Waals surface area contributed by atoms with E-state index in [2.05, 4.69) is 16.0 Å². The summed E-state index contributed by atoms with van der Waals surface area (Å²) in [5.41, 5.74) is 0. The van der Waals surface area contributed by atoms with E-state index in [1.165, 1.54) is 33.8 Å². The summed E-state index contributed by atoms with van der Waals surface area (Å²) in [6, 6.07) is -2.98. The van der Waals surface area contributed by atoms with E-state index in [-0.39, 0.29) is 44.4 Å². The van der Waals surface area contributed by atoms with Crippen LogP contribution in [0.15, 0.2) is 12.2 Å². The van der Waals surface area contributed by atoms with Crippen LogP contribution in [0.5, 0.6) is 0 Å². The van der Waals surface area contributed by atoms with Crippen LogP contribution in [0, 0.1) is 0 Å². The first-order valence-electron chi connectivity index (χ1n) is 9.11. The first kappa shape index (κ1) is 29.8. The second-order valence-corrected chi connectivity index (χ2v) is 6.88. The molecule has 3 N–H and O–H groups in total. The van der Waals surface area contributed by atoms with Crippen LogP contribution in [-0.4, -0.2) is 73.0 Å². The Kier molecular flexibility index (Phi) is 15.8. The van der Waals surface area contributed by atoms with Crippen molar-refractivity contribution in [3.63, 3.8) is 0 Å². The molecular weight excluding hydrogens is 453 g/mol. The van der Waals surface area contributed by atoms with Crippen molar-refractivity contribution in [2.75, 3.05) is 14.1 Å². The van der Waals surface area contributed by atoms with Crippen molar-refractivity contribution in [1.29, 1.82) is 0 Å². The number of hydrogen-bond donors (Lipinski definition) is 3. The number of rotatable bonds is 12. The van der Waals surface area contributed by atoms with Gasteiger partial charge in [-0.3, -0.25) is 24.1 Å². The Balaban J connectivity index is 0. The van der Waals surface area contributed by atoms with Crippen molar-refractivity contribution < 1.29 is 56.7 Å². The summed E-state index contributed by atoms with van der Waals surface area (Å²) >= 11 is 0. The minimum absolute atomic E-state index is 0. The van der Waals surface area contributed by atoms with Crippen LogP contribution in [0.1, 0.15) is 40.5 Å². The van der Waals surface area contributed by atoms with Gasteiger partial charge in [0.05, 0.1) is 6.04 Å². The van der Waals surface area contributed by atoms with Gasteiger partial charge in [0.25, 0.3) is 0 Å². The maximum Gasteiger partial charge on any atom is 0.242 e. The number of ketones is 1. The van der Waals surface area contributed by atoms with E-state index >= 15 is 0 Å². The monoisotopic (exact) mass is 484 g/mol. The summed E-state index contributed by atoms with van der Waals surface area (Å²) < 4.78 is 0. The van der Waals surface area contributed by atoms with Gasteiger partial charge in [0.15, 0.2) is 5.78 Å². The van der Waals surface area contributed by atoms with Crippen molar-refractivity contribution in [3.05, 3.63) is 12.2 Å². The fourth-order valence-corrected chi connectivity index (χ4v) is 2.27. The molecule has 0 aliphatic heterocycles. The number of nitrogens with one attached hydrogen (secondary N) is 3. The van der Waals surface area contributed by atoms with E-state index in [1.54, 1.807) is 31.4 Å². The van der Waals surface area contributed by atoms with Crippen LogP contribution < -0.4 is 16.0 Å². The Morgan fingerprint density at radius 3 is 1.86 bits per heavy atom. The molecule has 0 aliphatic carbocycles. The van der Waals surface area contributed by atoms with Crippen LogP contribution in [0.3, 0.4) is 0 Å². The van der Waals surface area contributed by atoms with Crippen molar-refractivity contribution in [3.8, 4) is 0 Å². The van der Waals surface area contributed by atoms with E-state index in [9.17, 15) is 24.0 Å². The molecule has 29 heavy (non-hydrogen) atoms. The van der Waals surface area contributed by atoms with Gasteiger partial charge >= 0.3 is 0 Å². The average Bonchev–Trinajstić information content (AvgIpc) is 2.60. The van der Waals surface area contributed by atoms with Crippen molar-refractivity contribution in [2.45, 2.75) is 64.7 Å². The van der Waals surface area contributed by atoms with E-state index < -0.39 is 36.0 Å². The zero-order valence-corrected chi connectivity index (χ0v) is 20.8. The molecule has 0 saturated heterocycles. The topological polar surface area (TPSA) is 125 Å². The maximum atomic E-state index is 12.5. The third kappa shape index (κ3) is 12.7. The van der Waals surface area contributed by atoms with Gasteiger partial charge in [0.1, 0.15) is 12.1 Å². The summed E-state index contributed by atoms with van der Waals surface area (Å²) in [4.78, 5) is 59.7. The Morgan fingerprint density at radius 2 is 1.41 bits per heavy atom. The molecule has 0 aromatic carbocycles. The molecule has 0 spiro atoms. The van der Waals surface area contributed by atoms with E-state index in [1.807, 2.05) is 0 Å². The number of allylic oxidation sites excluding steroid dienone is 2. The zero-order chi connectivity index (χ0) is 21.9. The molecule has 0 bridgehead atoms. The molecule has 4 atom stereocenters. The summed E-state index contributed by atoms with van der Waals surface area (Å²) in [7, 11) is 3.50. The molecule has 1 radical (unpaired) electrons. The second-order valence-electron chi connectivity index (χ2n) is 6.88.